The number of carbonyl (C=O) groups excluding carboxylic acids is 1. The van der Waals surface area contributed by atoms with Crippen LogP contribution in [0.25, 0.3) is 0 Å². The summed E-state index contributed by atoms with van der Waals surface area (Å²) in [6.07, 6.45) is 1.38. The molecule has 0 aromatic carbocycles. The molecular formula is C11H22N2O3S. The van der Waals surface area contributed by atoms with Crippen molar-refractivity contribution in [2.45, 2.75) is 51.3 Å². The maximum Gasteiger partial charge on any atom is 0.219 e. The molecular weight excluding hydrogens is 240 g/mol. The van der Waals surface area contributed by atoms with Gasteiger partial charge in [0.1, 0.15) is 0 Å². The van der Waals surface area contributed by atoms with Gasteiger partial charge in [0.2, 0.25) is 15.9 Å². The van der Waals surface area contributed by atoms with Crippen molar-refractivity contribution in [3.05, 3.63) is 0 Å². The van der Waals surface area contributed by atoms with Gasteiger partial charge in [-0.15, -0.1) is 0 Å². The predicted molar refractivity (Wildman–Crippen MR) is 67.1 cm³/mol. The van der Waals surface area contributed by atoms with Crippen LogP contribution in [0.4, 0.5) is 0 Å². The zero-order chi connectivity index (χ0) is 13.3. The standard InChI is InChI=1S/C11H22N2O3S/c1-9(14)13-7-5-10(6-8-13)12-17(15,16)11(2,3)4/h10,12H,5-8H2,1-4H3. The van der Waals surface area contributed by atoms with Crippen molar-refractivity contribution in [1.82, 2.24) is 9.62 Å². The minimum absolute atomic E-state index is 0.0465. The molecule has 0 radical (unpaired) electrons. The fraction of sp³-hybridized carbons (Fsp3) is 0.909. The van der Waals surface area contributed by atoms with E-state index >= 15 is 0 Å². The van der Waals surface area contributed by atoms with Gasteiger partial charge >= 0.3 is 0 Å². The minimum Gasteiger partial charge on any atom is -0.343 e. The smallest absolute Gasteiger partial charge is 0.219 e. The molecule has 1 aliphatic heterocycles. The van der Waals surface area contributed by atoms with E-state index in [-0.39, 0.29) is 11.9 Å². The van der Waals surface area contributed by atoms with Crippen molar-refractivity contribution in [1.29, 1.82) is 0 Å². The summed E-state index contributed by atoms with van der Waals surface area (Å²) < 4.78 is 25.8. The van der Waals surface area contributed by atoms with Gasteiger partial charge in [-0.3, -0.25) is 4.79 Å². The number of amides is 1. The summed E-state index contributed by atoms with van der Waals surface area (Å²) in [4.78, 5) is 12.9. The zero-order valence-electron chi connectivity index (χ0n) is 11.0. The lowest BCUT2D eigenvalue weighted by Crippen LogP contribution is -2.49. The Balaban J connectivity index is 2.55. The maximum absolute atomic E-state index is 11.9. The van der Waals surface area contributed by atoms with Gasteiger partial charge in [-0.1, -0.05) is 0 Å². The molecule has 0 aliphatic carbocycles. The molecule has 0 aromatic heterocycles. The first-order chi connectivity index (χ1) is 7.63. The number of likely N-dealkylation sites (tertiary alicyclic amines) is 1. The normalized spacial score (nSPS) is 19.4. The number of nitrogens with zero attached hydrogens (tertiary/aromatic N) is 1. The highest BCUT2D eigenvalue weighted by Crippen LogP contribution is 2.17. The van der Waals surface area contributed by atoms with Crippen LogP contribution in [-0.2, 0) is 14.8 Å². The first-order valence-corrected chi connectivity index (χ1v) is 7.39. The SMILES string of the molecule is CC(=O)N1CCC(NS(=O)(=O)C(C)(C)C)CC1. The third-order valence-electron chi connectivity index (χ3n) is 3.07. The fourth-order valence-electron chi connectivity index (χ4n) is 1.71. The van der Waals surface area contributed by atoms with Gasteiger partial charge in [-0.2, -0.15) is 0 Å². The summed E-state index contributed by atoms with van der Waals surface area (Å²) in [5.74, 6) is 0.0575. The molecule has 0 bridgehead atoms. The summed E-state index contributed by atoms with van der Waals surface area (Å²) in [6, 6.07) is -0.0465. The van der Waals surface area contributed by atoms with Crippen molar-refractivity contribution in [2.24, 2.45) is 0 Å². The lowest BCUT2D eigenvalue weighted by atomic mass is 10.1. The van der Waals surface area contributed by atoms with Crippen LogP contribution in [0.5, 0.6) is 0 Å². The van der Waals surface area contributed by atoms with Crippen molar-refractivity contribution in [2.75, 3.05) is 13.1 Å². The average Bonchev–Trinajstić information content (AvgIpc) is 2.16. The van der Waals surface area contributed by atoms with E-state index < -0.39 is 14.8 Å². The molecule has 0 spiro atoms. The Morgan fingerprint density at radius 3 is 2.06 bits per heavy atom. The number of hydrogen-bond acceptors (Lipinski definition) is 3. The largest absolute Gasteiger partial charge is 0.343 e. The molecule has 1 fully saturated rings. The molecule has 1 saturated heterocycles. The van der Waals surface area contributed by atoms with Crippen molar-refractivity contribution >= 4 is 15.9 Å². The average molecular weight is 262 g/mol. The van der Waals surface area contributed by atoms with Crippen LogP contribution in [0.2, 0.25) is 0 Å². The van der Waals surface area contributed by atoms with Gasteiger partial charge in [0.05, 0.1) is 4.75 Å². The van der Waals surface area contributed by atoms with Crippen LogP contribution in [0.1, 0.15) is 40.5 Å². The molecule has 1 amide bonds. The molecule has 1 rings (SSSR count). The highest BCUT2D eigenvalue weighted by Gasteiger charge is 2.32. The molecule has 100 valence electrons. The predicted octanol–water partition coefficient (Wildman–Crippen LogP) is 0.715. The molecule has 1 N–H and O–H groups in total. The molecule has 1 aliphatic rings. The van der Waals surface area contributed by atoms with Crippen molar-refractivity contribution < 1.29 is 13.2 Å². The first kappa shape index (κ1) is 14.4. The topological polar surface area (TPSA) is 66.5 Å². The van der Waals surface area contributed by atoms with Gasteiger partial charge in [0, 0.05) is 26.1 Å². The second-order valence-corrected chi connectivity index (χ2v) is 7.98. The van der Waals surface area contributed by atoms with E-state index in [2.05, 4.69) is 4.72 Å². The molecule has 0 atom stereocenters. The lowest BCUT2D eigenvalue weighted by Gasteiger charge is -2.33. The van der Waals surface area contributed by atoms with E-state index in [1.807, 2.05) is 0 Å². The Kier molecular flexibility index (Phi) is 4.19. The Labute approximate surface area is 104 Å². The van der Waals surface area contributed by atoms with E-state index in [1.54, 1.807) is 32.6 Å². The molecule has 17 heavy (non-hydrogen) atoms. The number of sulfonamides is 1. The molecule has 1 heterocycles. The van der Waals surface area contributed by atoms with E-state index in [0.29, 0.717) is 25.9 Å². The Morgan fingerprint density at radius 2 is 1.71 bits per heavy atom. The summed E-state index contributed by atoms with van der Waals surface area (Å²) in [7, 11) is -3.29. The van der Waals surface area contributed by atoms with Gasteiger partial charge in [-0.25, -0.2) is 13.1 Å². The number of nitrogens with one attached hydrogen (secondary N) is 1. The van der Waals surface area contributed by atoms with E-state index in [9.17, 15) is 13.2 Å². The van der Waals surface area contributed by atoms with Gasteiger partial charge in [0.25, 0.3) is 0 Å². The second-order valence-electron chi connectivity index (χ2n) is 5.51. The molecule has 0 aromatic rings. The van der Waals surface area contributed by atoms with Crippen LogP contribution in [0, 0.1) is 0 Å². The number of carbonyl (C=O) groups is 1. The summed E-state index contributed by atoms with van der Waals surface area (Å²) in [5.41, 5.74) is 0. The second kappa shape index (κ2) is 4.94. The third-order valence-corrected chi connectivity index (χ3v) is 5.32. The Bertz CT molecular complexity index is 376. The molecule has 0 saturated carbocycles. The molecule has 5 nitrogen and oxygen atoms in total. The Hall–Kier alpha value is -0.620. The van der Waals surface area contributed by atoms with E-state index in [1.165, 1.54) is 0 Å². The number of piperidine rings is 1. The van der Waals surface area contributed by atoms with Gasteiger partial charge in [-0.05, 0) is 33.6 Å². The number of hydrogen-bond donors (Lipinski definition) is 1. The quantitative estimate of drug-likeness (QED) is 0.797. The van der Waals surface area contributed by atoms with E-state index in [0.717, 1.165) is 0 Å². The van der Waals surface area contributed by atoms with Crippen molar-refractivity contribution in [3.8, 4) is 0 Å². The van der Waals surface area contributed by atoms with Crippen LogP contribution in [0.15, 0.2) is 0 Å². The third kappa shape index (κ3) is 3.67. The van der Waals surface area contributed by atoms with Crippen LogP contribution in [-0.4, -0.2) is 43.1 Å². The van der Waals surface area contributed by atoms with Gasteiger partial charge in [0.15, 0.2) is 0 Å². The lowest BCUT2D eigenvalue weighted by molar-refractivity contribution is -0.129. The van der Waals surface area contributed by atoms with Crippen LogP contribution in [0.3, 0.4) is 0 Å². The maximum atomic E-state index is 11.9. The van der Waals surface area contributed by atoms with Crippen LogP contribution >= 0.6 is 0 Å². The summed E-state index contributed by atoms with van der Waals surface area (Å²) in [6.45, 7) is 7.85. The van der Waals surface area contributed by atoms with Crippen molar-refractivity contribution in [3.63, 3.8) is 0 Å². The zero-order valence-corrected chi connectivity index (χ0v) is 11.8. The Morgan fingerprint density at radius 1 is 1.24 bits per heavy atom. The fourth-order valence-corrected chi connectivity index (χ4v) is 2.74. The van der Waals surface area contributed by atoms with Crippen LogP contribution < -0.4 is 4.72 Å². The van der Waals surface area contributed by atoms with Gasteiger partial charge < -0.3 is 4.90 Å². The number of rotatable bonds is 2. The highest BCUT2D eigenvalue weighted by atomic mass is 32.2. The molecule has 0 unspecified atom stereocenters. The van der Waals surface area contributed by atoms with E-state index in [4.69, 9.17) is 0 Å². The summed E-state index contributed by atoms with van der Waals surface area (Å²) in [5, 5.41) is 0. The highest BCUT2D eigenvalue weighted by molar-refractivity contribution is 7.90. The summed E-state index contributed by atoms with van der Waals surface area (Å²) >= 11 is 0. The molecule has 6 heteroatoms. The minimum atomic E-state index is -3.29. The monoisotopic (exact) mass is 262 g/mol. The first-order valence-electron chi connectivity index (χ1n) is 5.91.